The molecule has 0 radical (unpaired) electrons. The Morgan fingerprint density at radius 3 is 2.28 bits per heavy atom. The van der Waals surface area contributed by atoms with Crippen molar-refractivity contribution in [3.8, 4) is 0 Å². The van der Waals surface area contributed by atoms with Crippen molar-refractivity contribution < 1.29 is 38.1 Å². The summed E-state index contributed by atoms with van der Waals surface area (Å²) in [5, 5.41) is 8.61. The van der Waals surface area contributed by atoms with Crippen LogP contribution in [0.25, 0.3) is 0 Å². The number of hydrogen-bond donors (Lipinski definition) is 3. The third-order valence-corrected chi connectivity index (χ3v) is 8.32. The Hall–Kier alpha value is -3.02. The lowest BCUT2D eigenvalue weighted by Crippen LogP contribution is -2.50. The number of methoxy groups -OCH3 is 1. The van der Waals surface area contributed by atoms with Gasteiger partial charge in [-0.3, -0.25) is 19.2 Å². The van der Waals surface area contributed by atoms with Crippen LogP contribution in [0.15, 0.2) is 36.0 Å². The fourth-order valence-electron chi connectivity index (χ4n) is 5.64. The zero-order chi connectivity index (χ0) is 35.6. The van der Waals surface area contributed by atoms with Crippen LogP contribution in [0.1, 0.15) is 101 Å². The van der Waals surface area contributed by atoms with Gasteiger partial charge in [-0.2, -0.15) is 0 Å². The number of rotatable bonds is 15. The van der Waals surface area contributed by atoms with Gasteiger partial charge in [0.25, 0.3) is 0 Å². The van der Waals surface area contributed by atoms with Gasteiger partial charge in [-0.25, -0.2) is 0 Å². The van der Waals surface area contributed by atoms with Crippen LogP contribution < -0.4 is 16.0 Å². The second-order valence-corrected chi connectivity index (χ2v) is 12.5. The molecule has 268 valence electrons. The van der Waals surface area contributed by atoms with Crippen molar-refractivity contribution in [3.63, 3.8) is 0 Å². The molecule has 0 bridgehead atoms. The van der Waals surface area contributed by atoms with Crippen LogP contribution in [0, 0.1) is 5.92 Å². The highest BCUT2D eigenvalue weighted by molar-refractivity contribution is 5.87. The maximum absolute atomic E-state index is 12.5. The van der Waals surface area contributed by atoms with E-state index >= 15 is 0 Å². The maximum Gasteiger partial charge on any atom is 0.303 e. The maximum atomic E-state index is 12.5. The van der Waals surface area contributed by atoms with E-state index in [1.54, 1.807) is 27.0 Å². The molecule has 2 saturated heterocycles. The van der Waals surface area contributed by atoms with Crippen LogP contribution in [-0.4, -0.2) is 86.1 Å². The molecule has 0 spiro atoms. The van der Waals surface area contributed by atoms with Gasteiger partial charge in [0.15, 0.2) is 0 Å². The first-order valence-corrected chi connectivity index (χ1v) is 17.1. The Morgan fingerprint density at radius 1 is 1.00 bits per heavy atom. The highest BCUT2D eigenvalue weighted by atomic mass is 16.5. The normalized spacial score (nSPS) is 28.6. The van der Waals surface area contributed by atoms with Crippen molar-refractivity contribution in [3.05, 3.63) is 36.0 Å². The Labute approximate surface area is 282 Å². The number of carbonyl (C=O) groups excluding carboxylic acids is 4. The molecule has 3 amide bonds. The number of esters is 1. The highest BCUT2D eigenvalue weighted by Crippen LogP contribution is 2.33. The van der Waals surface area contributed by atoms with Gasteiger partial charge in [-0.15, -0.1) is 0 Å². The van der Waals surface area contributed by atoms with Gasteiger partial charge in [0.1, 0.15) is 6.10 Å². The minimum Gasteiger partial charge on any atom is -0.459 e. The average Bonchev–Trinajstić information content (AvgIpc) is 3.02. The van der Waals surface area contributed by atoms with Gasteiger partial charge in [-0.05, 0) is 52.5 Å². The number of allylic oxidation sites excluding steroid dienone is 2. The predicted molar refractivity (Wildman–Crippen MR) is 184 cm³/mol. The van der Waals surface area contributed by atoms with E-state index in [1.807, 2.05) is 46.8 Å². The third kappa shape index (κ3) is 16.6. The highest BCUT2D eigenvalue weighted by Gasteiger charge is 2.38. The lowest BCUT2D eigenvalue weighted by molar-refractivity contribution is -0.146. The summed E-state index contributed by atoms with van der Waals surface area (Å²) in [5.41, 5.74) is 0.673. The molecule has 11 nitrogen and oxygen atoms in total. The minimum atomic E-state index is -0.472. The Kier molecular flexibility index (Phi) is 19.5. The average molecular weight is 664 g/mol. The van der Waals surface area contributed by atoms with Crippen molar-refractivity contribution in [1.82, 2.24) is 16.0 Å². The standard InChI is InChI=1S/C34H55N3O8.C2H6/c1-9-31(39)35-16-17-36-33(41)19-28-21-34(7,42-8)20-27(45-28)13-10-22(2)11-14-30-23(3)18-29(25(5)44-30)37-32(40)15-12-24(4)43-26(6)38;1-2/h10-13,15,23-25,27-30H,9,14,16-21H2,1-8H3,(H,35,39)(H,36,41)(H,37,40);1-2H3/b13-10+,15-12-,22-11+;/t23?,24?,25?,27?,28-,29?,30?,34?;/m1./s1. The summed E-state index contributed by atoms with van der Waals surface area (Å²) < 4.78 is 23.4. The summed E-state index contributed by atoms with van der Waals surface area (Å²) in [6.45, 7) is 17.8. The Morgan fingerprint density at radius 2 is 1.66 bits per heavy atom. The van der Waals surface area contributed by atoms with E-state index in [-0.39, 0.29) is 60.5 Å². The number of amides is 3. The molecule has 0 saturated carbocycles. The van der Waals surface area contributed by atoms with Crippen LogP contribution in [0.5, 0.6) is 0 Å². The van der Waals surface area contributed by atoms with Crippen molar-refractivity contribution in [2.45, 2.75) is 143 Å². The smallest absolute Gasteiger partial charge is 0.303 e. The summed E-state index contributed by atoms with van der Waals surface area (Å²) in [7, 11) is 1.69. The first-order chi connectivity index (χ1) is 22.2. The second kappa shape index (κ2) is 21.8. The molecule has 11 heteroatoms. The third-order valence-electron chi connectivity index (χ3n) is 8.32. The summed E-state index contributed by atoms with van der Waals surface area (Å²) in [6.07, 6.45) is 11.6. The van der Waals surface area contributed by atoms with E-state index in [1.165, 1.54) is 13.0 Å². The lowest BCUT2D eigenvalue weighted by atomic mass is 9.86. The predicted octanol–water partition coefficient (Wildman–Crippen LogP) is 4.70. The quantitative estimate of drug-likeness (QED) is 0.0992. The van der Waals surface area contributed by atoms with E-state index in [2.05, 4.69) is 29.0 Å². The van der Waals surface area contributed by atoms with Crippen molar-refractivity contribution in [1.29, 1.82) is 0 Å². The van der Waals surface area contributed by atoms with E-state index in [4.69, 9.17) is 18.9 Å². The second-order valence-electron chi connectivity index (χ2n) is 12.5. The van der Waals surface area contributed by atoms with Crippen molar-refractivity contribution in [2.75, 3.05) is 20.2 Å². The molecule has 2 aliphatic heterocycles. The van der Waals surface area contributed by atoms with Gasteiger partial charge in [0.2, 0.25) is 17.7 Å². The van der Waals surface area contributed by atoms with Gasteiger partial charge < -0.3 is 34.9 Å². The first kappa shape index (κ1) is 42.0. The molecule has 2 heterocycles. The zero-order valence-electron chi connectivity index (χ0n) is 30.4. The number of nitrogens with one attached hydrogen (secondary N) is 3. The first-order valence-electron chi connectivity index (χ1n) is 17.1. The van der Waals surface area contributed by atoms with E-state index < -0.39 is 17.7 Å². The SMILES string of the molecule is CC.CCC(=O)NCCNC(=O)C[C@@H]1CC(C)(OC)CC(/C=C/C(C)=C/CC2OC(C)C(NC(=O)/C=C\C(C)OC(C)=O)CC2C)O1. The molecular weight excluding hydrogens is 602 g/mol. The molecule has 2 fully saturated rings. The number of ether oxygens (including phenoxy) is 4. The molecule has 3 N–H and O–H groups in total. The molecule has 0 aromatic heterocycles. The number of hydrogen-bond acceptors (Lipinski definition) is 8. The van der Waals surface area contributed by atoms with Crippen molar-refractivity contribution in [2.24, 2.45) is 5.92 Å². The van der Waals surface area contributed by atoms with E-state index in [0.29, 0.717) is 32.4 Å². The van der Waals surface area contributed by atoms with Crippen LogP contribution >= 0.6 is 0 Å². The molecule has 0 aromatic rings. The summed E-state index contributed by atoms with van der Waals surface area (Å²) >= 11 is 0. The fraction of sp³-hybridized carbons (Fsp3) is 0.722. The van der Waals surface area contributed by atoms with Crippen LogP contribution in [-0.2, 0) is 38.1 Å². The van der Waals surface area contributed by atoms with Gasteiger partial charge in [-0.1, -0.05) is 51.5 Å². The molecule has 2 rings (SSSR count). The molecule has 47 heavy (non-hydrogen) atoms. The molecule has 8 atom stereocenters. The van der Waals surface area contributed by atoms with E-state index in [0.717, 1.165) is 18.4 Å². The summed E-state index contributed by atoms with van der Waals surface area (Å²) in [6, 6.07) is -0.113. The van der Waals surface area contributed by atoms with Crippen LogP contribution in [0.4, 0.5) is 0 Å². The molecule has 0 aromatic carbocycles. The fourth-order valence-corrected chi connectivity index (χ4v) is 5.64. The van der Waals surface area contributed by atoms with Gasteiger partial charge in [0.05, 0.1) is 42.5 Å². The zero-order valence-corrected chi connectivity index (χ0v) is 30.4. The lowest BCUT2D eigenvalue weighted by Gasteiger charge is -2.40. The molecular formula is C36H61N3O8. The largest absolute Gasteiger partial charge is 0.459 e. The van der Waals surface area contributed by atoms with Crippen LogP contribution in [0.3, 0.4) is 0 Å². The Bertz CT molecular complexity index is 1090. The summed E-state index contributed by atoms with van der Waals surface area (Å²) in [5.74, 6) is -0.555. The Balaban J connectivity index is 0.00000541. The monoisotopic (exact) mass is 663 g/mol. The number of carbonyl (C=O) groups is 4. The van der Waals surface area contributed by atoms with Crippen molar-refractivity contribution >= 4 is 23.7 Å². The molecule has 0 aliphatic carbocycles. The van der Waals surface area contributed by atoms with Gasteiger partial charge in [0, 0.05) is 52.5 Å². The molecule has 2 aliphatic rings. The van der Waals surface area contributed by atoms with Gasteiger partial charge >= 0.3 is 5.97 Å². The summed E-state index contributed by atoms with van der Waals surface area (Å²) in [4.78, 5) is 47.4. The molecule has 7 unspecified atom stereocenters. The van der Waals surface area contributed by atoms with Crippen LogP contribution in [0.2, 0.25) is 0 Å². The van der Waals surface area contributed by atoms with E-state index in [9.17, 15) is 19.2 Å². The minimum absolute atomic E-state index is 0.0249. The topological polar surface area (TPSA) is 141 Å².